The minimum atomic E-state index is -0.0947. The van der Waals surface area contributed by atoms with Crippen LogP contribution < -0.4 is 0 Å². The highest BCUT2D eigenvalue weighted by Crippen LogP contribution is 2.36. The van der Waals surface area contributed by atoms with Crippen molar-refractivity contribution in [1.82, 2.24) is 0 Å². The molecule has 13 heavy (non-hydrogen) atoms. The van der Waals surface area contributed by atoms with Crippen LogP contribution in [0, 0.1) is 6.92 Å². The average Bonchev–Trinajstić information content (AvgIpc) is 1.98. The Balaban J connectivity index is 3.35. The van der Waals surface area contributed by atoms with Gasteiger partial charge < -0.3 is 10.2 Å². The maximum atomic E-state index is 9.75. The van der Waals surface area contributed by atoms with Gasteiger partial charge in [-0.05, 0) is 24.0 Å². The van der Waals surface area contributed by atoms with Crippen molar-refractivity contribution < 1.29 is 10.2 Å². The number of hydrogen-bond acceptors (Lipinski definition) is 2. The Kier molecular flexibility index (Phi) is 2.24. The molecule has 1 rings (SSSR count). The molecular formula is C11H16O2. The van der Waals surface area contributed by atoms with Gasteiger partial charge in [0.1, 0.15) is 11.5 Å². The maximum Gasteiger partial charge on any atom is 0.125 e. The second-order valence-corrected chi connectivity index (χ2v) is 4.36. The van der Waals surface area contributed by atoms with Crippen molar-refractivity contribution in [3.05, 3.63) is 23.3 Å². The lowest BCUT2D eigenvalue weighted by Gasteiger charge is -2.21. The normalized spacial score (nSPS) is 11.7. The number of phenolic OH excluding ortho intramolecular Hbond substituents is 2. The summed E-state index contributed by atoms with van der Waals surface area (Å²) in [5, 5.41) is 19.1. The van der Waals surface area contributed by atoms with Crippen molar-refractivity contribution in [1.29, 1.82) is 0 Å². The molecule has 0 aliphatic heterocycles. The molecule has 0 aliphatic carbocycles. The molecule has 0 saturated heterocycles. The fraction of sp³-hybridized carbons (Fsp3) is 0.455. The predicted octanol–water partition coefficient (Wildman–Crippen LogP) is 2.70. The zero-order valence-electron chi connectivity index (χ0n) is 8.55. The van der Waals surface area contributed by atoms with Crippen molar-refractivity contribution in [2.45, 2.75) is 33.1 Å². The van der Waals surface area contributed by atoms with Gasteiger partial charge in [-0.2, -0.15) is 0 Å². The van der Waals surface area contributed by atoms with Gasteiger partial charge in [0, 0.05) is 5.56 Å². The molecule has 1 aromatic rings. The van der Waals surface area contributed by atoms with Crippen LogP contribution in [0.5, 0.6) is 11.5 Å². The van der Waals surface area contributed by atoms with E-state index in [1.165, 1.54) is 0 Å². The lowest BCUT2D eigenvalue weighted by molar-refractivity contribution is 0.425. The molecule has 0 bridgehead atoms. The fourth-order valence-electron chi connectivity index (χ4n) is 1.29. The van der Waals surface area contributed by atoms with E-state index < -0.39 is 0 Å². The minimum Gasteiger partial charge on any atom is -0.508 e. The van der Waals surface area contributed by atoms with Gasteiger partial charge in [-0.3, -0.25) is 0 Å². The molecule has 72 valence electrons. The lowest BCUT2D eigenvalue weighted by atomic mass is 9.85. The third-order valence-corrected chi connectivity index (χ3v) is 2.21. The van der Waals surface area contributed by atoms with Gasteiger partial charge in [-0.15, -0.1) is 0 Å². The highest BCUT2D eigenvalue weighted by molar-refractivity contribution is 5.50. The van der Waals surface area contributed by atoms with E-state index >= 15 is 0 Å². The van der Waals surface area contributed by atoms with Crippen LogP contribution in [0.3, 0.4) is 0 Å². The number of phenols is 2. The maximum absolute atomic E-state index is 9.75. The zero-order chi connectivity index (χ0) is 10.2. The smallest absolute Gasteiger partial charge is 0.125 e. The van der Waals surface area contributed by atoms with Crippen LogP contribution in [-0.4, -0.2) is 10.2 Å². The third kappa shape index (κ3) is 1.77. The van der Waals surface area contributed by atoms with Crippen LogP contribution in [0.4, 0.5) is 0 Å². The van der Waals surface area contributed by atoms with Crippen molar-refractivity contribution >= 4 is 0 Å². The number of aromatic hydroxyl groups is 2. The van der Waals surface area contributed by atoms with Gasteiger partial charge >= 0.3 is 0 Å². The SMILES string of the molecule is Cc1c(O)ccc(C(C)(C)C)c1O. The summed E-state index contributed by atoms with van der Waals surface area (Å²) in [6, 6.07) is 3.38. The minimum absolute atomic E-state index is 0.0947. The first-order chi connectivity index (χ1) is 5.84. The van der Waals surface area contributed by atoms with E-state index in [2.05, 4.69) is 0 Å². The molecule has 1 aromatic carbocycles. The first-order valence-corrected chi connectivity index (χ1v) is 4.36. The Morgan fingerprint density at radius 1 is 1.08 bits per heavy atom. The highest BCUT2D eigenvalue weighted by atomic mass is 16.3. The molecule has 2 nitrogen and oxygen atoms in total. The Morgan fingerprint density at radius 3 is 2.08 bits per heavy atom. The van der Waals surface area contributed by atoms with Crippen LogP contribution in [0.15, 0.2) is 12.1 Å². The fourth-order valence-corrected chi connectivity index (χ4v) is 1.29. The summed E-state index contributed by atoms with van der Waals surface area (Å²) >= 11 is 0. The van der Waals surface area contributed by atoms with Crippen LogP contribution in [0.1, 0.15) is 31.9 Å². The quantitative estimate of drug-likeness (QED) is 0.644. The Labute approximate surface area is 78.8 Å². The second kappa shape index (κ2) is 2.95. The van der Waals surface area contributed by atoms with Crippen LogP contribution in [0.25, 0.3) is 0 Å². The Bertz CT molecular complexity index is 322. The molecule has 2 heteroatoms. The molecule has 0 radical (unpaired) electrons. The topological polar surface area (TPSA) is 40.5 Å². The number of rotatable bonds is 0. The Hall–Kier alpha value is -1.18. The number of hydrogen-bond donors (Lipinski definition) is 2. The van der Waals surface area contributed by atoms with E-state index in [1.54, 1.807) is 19.1 Å². The van der Waals surface area contributed by atoms with Crippen molar-refractivity contribution in [3.63, 3.8) is 0 Å². The van der Waals surface area contributed by atoms with Crippen molar-refractivity contribution in [2.24, 2.45) is 0 Å². The summed E-state index contributed by atoms with van der Waals surface area (Å²) in [6.45, 7) is 7.79. The van der Waals surface area contributed by atoms with Crippen LogP contribution in [-0.2, 0) is 5.41 Å². The van der Waals surface area contributed by atoms with Crippen LogP contribution in [0.2, 0.25) is 0 Å². The van der Waals surface area contributed by atoms with E-state index in [0.717, 1.165) is 5.56 Å². The molecule has 2 N–H and O–H groups in total. The molecule has 0 unspecified atom stereocenters. The standard InChI is InChI=1S/C11H16O2/c1-7-9(12)6-5-8(10(7)13)11(2,3)4/h5-6,12-13H,1-4H3. The number of benzene rings is 1. The first kappa shape index (κ1) is 9.90. The zero-order valence-corrected chi connectivity index (χ0v) is 8.55. The Morgan fingerprint density at radius 2 is 1.62 bits per heavy atom. The summed E-state index contributed by atoms with van der Waals surface area (Å²) in [7, 11) is 0. The van der Waals surface area contributed by atoms with E-state index in [9.17, 15) is 10.2 Å². The monoisotopic (exact) mass is 180 g/mol. The van der Waals surface area contributed by atoms with Gasteiger partial charge in [-0.25, -0.2) is 0 Å². The van der Waals surface area contributed by atoms with E-state index in [4.69, 9.17) is 0 Å². The van der Waals surface area contributed by atoms with Gasteiger partial charge in [0.25, 0.3) is 0 Å². The van der Waals surface area contributed by atoms with E-state index in [1.807, 2.05) is 20.8 Å². The first-order valence-electron chi connectivity index (χ1n) is 4.36. The summed E-state index contributed by atoms with van der Waals surface area (Å²) in [5.74, 6) is 0.345. The summed E-state index contributed by atoms with van der Waals surface area (Å²) < 4.78 is 0. The third-order valence-electron chi connectivity index (χ3n) is 2.21. The van der Waals surface area contributed by atoms with Crippen LogP contribution >= 0.6 is 0 Å². The molecule has 0 amide bonds. The largest absolute Gasteiger partial charge is 0.508 e. The summed E-state index contributed by atoms with van der Waals surface area (Å²) in [5.41, 5.74) is 1.32. The van der Waals surface area contributed by atoms with Gasteiger partial charge in [0.05, 0.1) is 0 Å². The molecule has 0 saturated carbocycles. The van der Waals surface area contributed by atoms with Crippen molar-refractivity contribution in [2.75, 3.05) is 0 Å². The molecule has 0 spiro atoms. The molecule has 0 aromatic heterocycles. The van der Waals surface area contributed by atoms with Gasteiger partial charge in [0.2, 0.25) is 0 Å². The molecule has 0 atom stereocenters. The highest BCUT2D eigenvalue weighted by Gasteiger charge is 2.19. The molecule has 0 heterocycles. The van der Waals surface area contributed by atoms with Gasteiger partial charge in [0.15, 0.2) is 0 Å². The second-order valence-electron chi connectivity index (χ2n) is 4.36. The molecule has 0 aliphatic rings. The molecular weight excluding hydrogens is 164 g/mol. The summed E-state index contributed by atoms with van der Waals surface area (Å²) in [6.07, 6.45) is 0. The lowest BCUT2D eigenvalue weighted by Crippen LogP contribution is -2.11. The van der Waals surface area contributed by atoms with E-state index in [0.29, 0.717) is 5.56 Å². The molecule has 0 fully saturated rings. The predicted molar refractivity (Wildman–Crippen MR) is 53.2 cm³/mol. The summed E-state index contributed by atoms with van der Waals surface area (Å²) in [4.78, 5) is 0. The van der Waals surface area contributed by atoms with Crippen molar-refractivity contribution in [3.8, 4) is 11.5 Å². The van der Waals surface area contributed by atoms with E-state index in [-0.39, 0.29) is 16.9 Å². The van der Waals surface area contributed by atoms with Gasteiger partial charge in [-0.1, -0.05) is 26.8 Å². The average molecular weight is 180 g/mol.